The van der Waals surface area contributed by atoms with Gasteiger partial charge in [0.15, 0.2) is 5.78 Å². The van der Waals surface area contributed by atoms with E-state index in [4.69, 9.17) is 0 Å². The summed E-state index contributed by atoms with van der Waals surface area (Å²) in [6.07, 6.45) is -0.0733. The second-order valence-corrected chi connectivity index (χ2v) is 3.85. The number of carbonyl (C=O) groups is 2. The van der Waals surface area contributed by atoms with Crippen molar-refractivity contribution in [2.24, 2.45) is 10.5 Å². The maximum absolute atomic E-state index is 11.3. The maximum Gasteiger partial charge on any atom is 0.247 e. The van der Waals surface area contributed by atoms with Gasteiger partial charge in [0.05, 0.1) is 6.42 Å². The highest BCUT2D eigenvalue weighted by molar-refractivity contribution is 6.45. The molecule has 0 bridgehead atoms. The van der Waals surface area contributed by atoms with Crippen molar-refractivity contribution in [1.82, 2.24) is 5.43 Å². The SMILES string of the molecule is CC(C)(C)C1=NNC(=O)CC1=O. The van der Waals surface area contributed by atoms with E-state index in [0.29, 0.717) is 5.71 Å². The third-order valence-electron chi connectivity index (χ3n) is 1.59. The van der Waals surface area contributed by atoms with E-state index in [1.54, 1.807) is 0 Å². The Hall–Kier alpha value is -1.19. The van der Waals surface area contributed by atoms with Crippen LogP contribution in [0.3, 0.4) is 0 Å². The number of nitrogens with zero attached hydrogens (tertiary/aromatic N) is 1. The summed E-state index contributed by atoms with van der Waals surface area (Å²) in [6.45, 7) is 5.67. The van der Waals surface area contributed by atoms with Gasteiger partial charge in [0.25, 0.3) is 0 Å². The lowest BCUT2D eigenvalue weighted by atomic mass is 9.86. The van der Waals surface area contributed by atoms with Crippen LogP contribution in [0.15, 0.2) is 5.10 Å². The zero-order valence-corrected chi connectivity index (χ0v) is 7.47. The minimum atomic E-state index is -0.326. The van der Waals surface area contributed by atoms with Crippen LogP contribution in [0.5, 0.6) is 0 Å². The average Bonchev–Trinajstić information content (AvgIpc) is 1.83. The number of amides is 1. The van der Waals surface area contributed by atoms with Gasteiger partial charge in [0, 0.05) is 5.41 Å². The lowest BCUT2D eigenvalue weighted by Gasteiger charge is -2.22. The number of Topliss-reactive ketones (excluding diaryl/α,β-unsaturated/α-hetero) is 1. The second kappa shape index (κ2) is 2.69. The first-order valence-corrected chi connectivity index (χ1v) is 3.81. The van der Waals surface area contributed by atoms with Gasteiger partial charge in [-0.25, -0.2) is 5.43 Å². The molecule has 0 saturated heterocycles. The monoisotopic (exact) mass is 168 g/mol. The summed E-state index contributed by atoms with van der Waals surface area (Å²) in [5.74, 6) is -0.501. The topological polar surface area (TPSA) is 58.5 Å². The van der Waals surface area contributed by atoms with E-state index in [2.05, 4.69) is 10.5 Å². The van der Waals surface area contributed by atoms with Crippen molar-refractivity contribution >= 4 is 17.4 Å². The largest absolute Gasteiger partial charge is 0.292 e. The molecule has 0 aromatic rings. The minimum Gasteiger partial charge on any atom is -0.292 e. The van der Waals surface area contributed by atoms with Crippen molar-refractivity contribution in [3.8, 4) is 0 Å². The zero-order valence-electron chi connectivity index (χ0n) is 7.47. The number of hydrogen-bond donors (Lipinski definition) is 1. The molecular formula is C8H12N2O2. The molecule has 1 N–H and O–H groups in total. The van der Waals surface area contributed by atoms with Crippen LogP contribution in [0, 0.1) is 5.41 Å². The van der Waals surface area contributed by atoms with Crippen LogP contribution >= 0.6 is 0 Å². The highest BCUT2D eigenvalue weighted by Gasteiger charge is 2.30. The van der Waals surface area contributed by atoms with E-state index in [9.17, 15) is 9.59 Å². The predicted octanol–water partition coefficient (Wildman–Crippen LogP) is 0.478. The van der Waals surface area contributed by atoms with Crippen molar-refractivity contribution in [3.63, 3.8) is 0 Å². The van der Waals surface area contributed by atoms with E-state index in [1.165, 1.54) is 0 Å². The molecule has 0 saturated carbocycles. The van der Waals surface area contributed by atoms with Crippen molar-refractivity contribution in [1.29, 1.82) is 0 Å². The molecular weight excluding hydrogens is 156 g/mol. The van der Waals surface area contributed by atoms with Crippen molar-refractivity contribution in [2.75, 3.05) is 0 Å². The lowest BCUT2D eigenvalue weighted by Crippen LogP contribution is -2.39. The van der Waals surface area contributed by atoms with Crippen LogP contribution in [0.4, 0.5) is 0 Å². The maximum atomic E-state index is 11.3. The van der Waals surface area contributed by atoms with Crippen LogP contribution in [0.25, 0.3) is 0 Å². The van der Waals surface area contributed by atoms with Gasteiger partial charge < -0.3 is 0 Å². The predicted molar refractivity (Wildman–Crippen MR) is 44.7 cm³/mol. The Balaban J connectivity index is 2.92. The number of hydrogen-bond acceptors (Lipinski definition) is 3. The van der Waals surface area contributed by atoms with Gasteiger partial charge in [-0.2, -0.15) is 5.10 Å². The third-order valence-corrected chi connectivity index (χ3v) is 1.59. The van der Waals surface area contributed by atoms with Crippen molar-refractivity contribution in [2.45, 2.75) is 27.2 Å². The lowest BCUT2D eigenvalue weighted by molar-refractivity contribution is -0.126. The molecule has 0 aromatic heterocycles. The number of carbonyl (C=O) groups excluding carboxylic acids is 2. The number of ketones is 1. The van der Waals surface area contributed by atoms with Crippen LogP contribution < -0.4 is 5.43 Å². The summed E-state index contributed by atoms with van der Waals surface area (Å²) < 4.78 is 0. The van der Waals surface area contributed by atoms with Gasteiger partial charge in [-0.1, -0.05) is 20.8 Å². The van der Waals surface area contributed by atoms with Gasteiger partial charge in [0.1, 0.15) is 5.71 Å². The summed E-state index contributed by atoms with van der Waals surface area (Å²) in [7, 11) is 0. The normalized spacial score (nSPS) is 18.8. The Labute approximate surface area is 71.0 Å². The first-order chi connectivity index (χ1) is 5.41. The molecule has 0 aliphatic carbocycles. The molecule has 0 unspecified atom stereocenters. The summed E-state index contributed by atoms with van der Waals surface area (Å²) in [5, 5.41) is 3.73. The molecule has 0 aromatic carbocycles. The smallest absolute Gasteiger partial charge is 0.247 e. The molecule has 1 aliphatic rings. The average molecular weight is 168 g/mol. The summed E-state index contributed by atoms with van der Waals surface area (Å²) in [4.78, 5) is 22.0. The molecule has 4 nitrogen and oxygen atoms in total. The Morgan fingerprint density at radius 3 is 2.33 bits per heavy atom. The fourth-order valence-corrected chi connectivity index (χ4v) is 1.04. The molecule has 0 spiro atoms. The first-order valence-electron chi connectivity index (χ1n) is 3.81. The van der Waals surface area contributed by atoms with Crippen molar-refractivity contribution in [3.05, 3.63) is 0 Å². The Morgan fingerprint density at radius 2 is 1.92 bits per heavy atom. The molecule has 12 heavy (non-hydrogen) atoms. The fourth-order valence-electron chi connectivity index (χ4n) is 1.04. The fraction of sp³-hybridized carbons (Fsp3) is 0.625. The zero-order chi connectivity index (χ0) is 9.35. The van der Waals surface area contributed by atoms with Gasteiger partial charge in [0.2, 0.25) is 5.91 Å². The van der Waals surface area contributed by atoms with E-state index >= 15 is 0 Å². The Morgan fingerprint density at radius 1 is 1.33 bits per heavy atom. The third kappa shape index (κ3) is 1.69. The van der Waals surface area contributed by atoms with E-state index in [1.807, 2.05) is 20.8 Å². The number of nitrogens with one attached hydrogen (secondary N) is 1. The molecule has 66 valence electrons. The molecule has 0 radical (unpaired) electrons. The van der Waals surface area contributed by atoms with Crippen LogP contribution in [0.1, 0.15) is 27.2 Å². The van der Waals surface area contributed by atoms with Crippen LogP contribution in [0.2, 0.25) is 0 Å². The van der Waals surface area contributed by atoms with Crippen LogP contribution in [-0.4, -0.2) is 17.4 Å². The highest BCUT2D eigenvalue weighted by Crippen LogP contribution is 2.18. The highest BCUT2D eigenvalue weighted by atomic mass is 16.2. The Bertz CT molecular complexity index is 261. The number of rotatable bonds is 0. The van der Waals surface area contributed by atoms with Crippen LogP contribution in [-0.2, 0) is 9.59 Å². The van der Waals surface area contributed by atoms with Gasteiger partial charge in [-0.15, -0.1) is 0 Å². The van der Waals surface area contributed by atoms with Gasteiger partial charge in [-0.3, -0.25) is 9.59 Å². The summed E-state index contributed by atoms with van der Waals surface area (Å²) in [6, 6.07) is 0. The molecule has 1 amide bonds. The molecule has 0 fully saturated rings. The van der Waals surface area contributed by atoms with E-state index in [-0.39, 0.29) is 23.5 Å². The molecule has 4 heteroatoms. The minimum absolute atomic E-state index is 0.0733. The molecule has 0 atom stereocenters. The van der Waals surface area contributed by atoms with Gasteiger partial charge >= 0.3 is 0 Å². The van der Waals surface area contributed by atoms with Gasteiger partial charge in [-0.05, 0) is 0 Å². The van der Waals surface area contributed by atoms with E-state index < -0.39 is 0 Å². The Kier molecular flexibility index (Phi) is 2.00. The second-order valence-electron chi connectivity index (χ2n) is 3.85. The summed E-state index contributed by atoms with van der Waals surface area (Å²) >= 11 is 0. The molecule has 1 aliphatic heterocycles. The number of hydrazone groups is 1. The van der Waals surface area contributed by atoms with E-state index in [0.717, 1.165) is 0 Å². The standard InChI is InChI=1S/C8H12N2O2/c1-8(2,3)7-5(11)4-6(12)9-10-7/h4H2,1-3H3,(H,9,12). The quantitative estimate of drug-likeness (QED) is 0.535. The first kappa shape index (κ1) is 8.90. The molecule has 1 rings (SSSR count). The molecule has 1 heterocycles. The van der Waals surface area contributed by atoms with Crippen molar-refractivity contribution < 1.29 is 9.59 Å². The summed E-state index contributed by atoms with van der Waals surface area (Å²) in [5.41, 5.74) is 2.46.